The minimum absolute atomic E-state index is 0.0794. The summed E-state index contributed by atoms with van der Waals surface area (Å²) in [6.45, 7) is 4.38. The standard InChI is InChI=1S/C19H19F2N3O2S/c1-19(2,18(25)26-9-3-7-24-8-6-22-12-24)16-11-27-17(23-16)14-10-13(20)4-5-15(14)21/h4-6,8,10-12H,3,7,9H2,1-2H3. The normalized spacial score (nSPS) is 11.6. The number of aromatic nitrogens is 3. The van der Waals surface area contributed by atoms with Gasteiger partial charge in [0.15, 0.2) is 0 Å². The maximum Gasteiger partial charge on any atom is 0.317 e. The van der Waals surface area contributed by atoms with Gasteiger partial charge in [0.05, 0.1) is 18.6 Å². The summed E-state index contributed by atoms with van der Waals surface area (Å²) in [5, 5.41) is 2.00. The van der Waals surface area contributed by atoms with Gasteiger partial charge in [0.25, 0.3) is 0 Å². The van der Waals surface area contributed by atoms with Gasteiger partial charge in [0, 0.05) is 29.9 Å². The van der Waals surface area contributed by atoms with Gasteiger partial charge in [-0.25, -0.2) is 18.7 Å². The second-order valence-corrected chi connectivity index (χ2v) is 7.44. The Morgan fingerprint density at radius 1 is 1.33 bits per heavy atom. The Kier molecular flexibility index (Phi) is 5.65. The van der Waals surface area contributed by atoms with E-state index in [0.717, 1.165) is 29.5 Å². The Morgan fingerprint density at radius 3 is 2.89 bits per heavy atom. The Bertz CT molecular complexity index is 923. The number of benzene rings is 1. The van der Waals surface area contributed by atoms with E-state index in [4.69, 9.17) is 4.74 Å². The molecule has 0 saturated carbocycles. The molecule has 0 radical (unpaired) electrons. The fraction of sp³-hybridized carbons (Fsp3) is 0.316. The zero-order valence-electron chi connectivity index (χ0n) is 15.0. The fourth-order valence-electron chi connectivity index (χ4n) is 2.46. The first kappa shape index (κ1) is 19.2. The van der Waals surface area contributed by atoms with Gasteiger partial charge in [0.2, 0.25) is 0 Å². The van der Waals surface area contributed by atoms with E-state index in [1.165, 1.54) is 0 Å². The molecular weight excluding hydrogens is 372 g/mol. The number of aryl methyl sites for hydroxylation is 1. The second-order valence-electron chi connectivity index (χ2n) is 6.58. The van der Waals surface area contributed by atoms with Crippen molar-refractivity contribution >= 4 is 17.3 Å². The van der Waals surface area contributed by atoms with Crippen molar-refractivity contribution in [2.45, 2.75) is 32.2 Å². The highest BCUT2D eigenvalue weighted by Gasteiger charge is 2.34. The van der Waals surface area contributed by atoms with Gasteiger partial charge in [-0.15, -0.1) is 11.3 Å². The molecule has 0 fully saturated rings. The van der Waals surface area contributed by atoms with Crippen LogP contribution in [0.1, 0.15) is 26.0 Å². The van der Waals surface area contributed by atoms with Crippen LogP contribution in [0.5, 0.6) is 0 Å². The monoisotopic (exact) mass is 391 g/mol. The minimum Gasteiger partial charge on any atom is -0.465 e. The van der Waals surface area contributed by atoms with E-state index in [2.05, 4.69) is 9.97 Å². The van der Waals surface area contributed by atoms with Gasteiger partial charge < -0.3 is 9.30 Å². The molecule has 2 aromatic heterocycles. The van der Waals surface area contributed by atoms with Crippen LogP contribution in [-0.4, -0.2) is 27.1 Å². The third-order valence-electron chi connectivity index (χ3n) is 4.17. The van der Waals surface area contributed by atoms with Crippen molar-refractivity contribution in [1.82, 2.24) is 14.5 Å². The van der Waals surface area contributed by atoms with E-state index < -0.39 is 23.0 Å². The topological polar surface area (TPSA) is 57.0 Å². The van der Waals surface area contributed by atoms with E-state index in [1.807, 2.05) is 10.8 Å². The lowest BCUT2D eigenvalue weighted by molar-refractivity contribution is -0.149. The highest BCUT2D eigenvalue weighted by atomic mass is 32.1. The molecular formula is C19H19F2N3O2S. The first-order chi connectivity index (χ1) is 12.9. The number of esters is 1. The molecule has 0 atom stereocenters. The third kappa shape index (κ3) is 4.39. The van der Waals surface area contributed by atoms with Crippen molar-refractivity contribution in [3.05, 3.63) is 59.6 Å². The van der Waals surface area contributed by atoms with Crippen molar-refractivity contribution in [3.63, 3.8) is 0 Å². The summed E-state index contributed by atoms with van der Waals surface area (Å²) in [4.78, 5) is 20.8. The van der Waals surface area contributed by atoms with Gasteiger partial charge in [-0.1, -0.05) is 0 Å². The fourth-order valence-corrected chi connectivity index (χ4v) is 3.47. The van der Waals surface area contributed by atoms with E-state index in [0.29, 0.717) is 23.7 Å². The molecule has 142 valence electrons. The number of carbonyl (C=O) groups is 1. The average Bonchev–Trinajstić information content (AvgIpc) is 3.32. The molecule has 5 nitrogen and oxygen atoms in total. The molecule has 27 heavy (non-hydrogen) atoms. The summed E-state index contributed by atoms with van der Waals surface area (Å²) in [6, 6.07) is 3.21. The van der Waals surface area contributed by atoms with E-state index in [-0.39, 0.29) is 12.2 Å². The van der Waals surface area contributed by atoms with Crippen LogP contribution in [0.15, 0.2) is 42.3 Å². The van der Waals surface area contributed by atoms with Crippen LogP contribution in [0.4, 0.5) is 8.78 Å². The van der Waals surface area contributed by atoms with Gasteiger partial charge in [-0.3, -0.25) is 4.79 Å². The van der Waals surface area contributed by atoms with E-state index in [1.54, 1.807) is 31.8 Å². The smallest absolute Gasteiger partial charge is 0.317 e. The zero-order chi connectivity index (χ0) is 19.4. The molecule has 1 aromatic carbocycles. The number of imidazole rings is 1. The second kappa shape index (κ2) is 7.96. The minimum atomic E-state index is -0.993. The van der Waals surface area contributed by atoms with Gasteiger partial charge in [-0.2, -0.15) is 0 Å². The zero-order valence-corrected chi connectivity index (χ0v) is 15.8. The molecule has 0 spiro atoms. The molecule has 2 heterocycles. The maximum absolute atomic E-state index is 13.9. The lowest BCUT2D eigenvalue weighted by Crippen LogP contribution is -2.31. The third-order valence-corrected chi connectivity index (χ3v) is 5.04. The highest BCUT2D eigenvalue weighted by Crippen LogP contribution is 2.32. The quantitative estimate of drug-likeness (QED) is 0.448. The molecule has 0 unspecified atom stereocenters. The molecule has 3 aromatic rings. The van der Waals surface area contributed by atoms with Gasteiger partial charge >= 0.3 is 5.97 Å². The number of hydrogen-bond acceptors (Lipinski definition) is 5. The number of nitrogens with zero attached hydrogens (tertiary/aromatic N) is 3. The van der Waals surface area contributed by atoms with E-state index in [9.17, 15) is 13.6 Å². The number of carbonyl (C=O) groups excluding carboxylic acids is 1. The lowest BCUT2D eigenvalue weighted by Gasteiger charge is -2.20. The number of thiazole rings is 1. The van der Waals surface area contributed by atoms with Crippen molar-refractivity contribution in [2.24, 2.45) is 0 Å². The number of ether oxygens (including phenoxy) is 1. The number of hydrogen-bond donors (Lipinski definition) is 0. The Hall–Kier alpha value is -2.61. The number of halogens is 2. The summed E-state index contributed by atoms with van der Waals surface area (Å²) in [6.07, 6.45) is 5.90. The molecule has 8 heteroatoms. The molecule has 0 amide bonds. The summed E-state index contributed by atoms with van der Waals surface area (Å²) >= 11 is 1.16. The van der Waals surface area contributed by atoms with Crippen molar-refractivity contribution in [1.29, 1.82) is 0 Å². The van der Waals surface area contributed by atoms with E-state index >= 15 is 0 Å². The molecule has 3 rings (SSSR count). The Labute approximate surface area is 159 Å². The predicted octanol–water partition coefficient (Wildman–Crippen LogP) is 4.20. The van der Waals surface area contributed by atoms with Crippen LogP contribution >= 0.6 is 11.3 Å². The van der Waals surface area contributed by atoms with Crippen molar-refractivity contribution in [3.8, 4) is 10.6 Å². The largest absolute Gasteiger partial charge is 0.465 e. The van der Waals surface area contributed by atoms with Crippen LogP contribution in [-0.2, 0) is 21.5 Å². The Balaban J connectivity index is 1.64. The van der Waals surface area contributed by atoms with Gasteiger partial charge in [0.1, 0.15) is 22.1 Å². The van der Waals surface area contributed by atoms with Crippen LogP contribution < -0.4 is 0 Å². The lowest BCUT2D eigenvalue weighted by atomic mass is 9.90. The molecule has 0 saturated heterocycles. The van der Waals surface area contributed by atoms with Crippen molar-refractivity contribution < 1.29 is 18.3 Å². The van der Waals surface area contributed by atoms with Gasteiger partial charge in [-0.05, 0) is 38.5 Å². The van der Waals surface area contributed by atoms with Crippen LogP contribution in [0.25, 0.3) is 10.6 Å². The Morgan fingerprint density at radius 2 is 2.15 bits per heavy atom. The predicted molar refractivity (Wildman–Crippen MR) is 98.3 cm³/mol. The molecule has 0 bridgehead atoms. The SMILES string of the molecule is CC(C)(C(=O)OCCCn1ccnc1)c1csc(-c2cc(F)ccc2F)n1. The molecule has 0 aliphatic carbocycles. The molecule has 0 aliphatic rings. The molecule has 0 N–H and O–H groups in total. The first-order valence-corrected chi connectivity index (χ1v) is 9.30. The van der Waals surface area contributed by atoms with Crippen LogP contribution in [0, 0.1) is 11.6 Å². The summed E-state index contributed by atoms with van der Waals surface area (Å²) in [5.41, 5.74) is -0.449. The van der Waals surface area contributed by atoms with Crippen molar-refractivity contribution in [2.75, 3.05) is 6.61 Å². The highest BCUT2D eigenvalue weighted by molar-refractivity contribution is 7.13. The van der Waals surface area contributed by atoms with Crippen LogP contribution in [0.2, 0.25) is 0 Å². The summed E-state index contributed by atoms with van der Waals surface area (Å²) in [5.74, 6) is -1.51. The first-order valence-electron chi connectivity index (χ1n) is 8.42. The summed E-state index contributed by atoms with van der Waals surface area (Å²) < 4.78 is 34.6. The number of rotatable bonds is 7. The van der Waals surface area contributed by atoms with Crippen LogP contribution in [0.3, 0.4) is 0 Å². The molecule has 0 aliphatic heterocycles. The average molecular weight is 391 g/mol. The summed E-state index contributed by atoms with van der Waals surface area (Å²) in [7, 11) is 0. The maximum atomic E-state index is 13.9.